The van der Waals surface area contributed by atoms with Crippen molar-refractivity contribution in [3.8, 4) is 5.75 Å². The summed E-state index contributed by atoms with van der Waals surface area (Å²) in [6.07, 6.45) is 0.869. The maximum atomic E-state index is 10.9. The first-order chi connectivity index (χ1) is 11.7. The van der Waals surface area contributed by atoms with Crippen molar-refractivity contribution in [2.24, 2.45) is 0 Å². The van der Waals surface area contributed by atoms with Crippen molar-refractivity contribution in [3.63, 3.8) is 0 Å². The van der Waals surface area contributed by atoms with Gasteiger partial charge in [0, 0.05) is 6.42 Å². The molecule has 1 rings (SSSR count). The lowest BCUT2D eigenvalue weighted by atomic mass is 10.1. The molecule has 1 aromatic rings. The average Bonchev–Trinajstić information content (AvgIpc) is 2.69. The van der Waals surface area contributed by atoms with Gasteiger partial charge in [-0.3, -0.25) is 4.79 Å². The maximum absolute atomic E-state index is 10.9. The van der Waals surface area contributed by atoms with Crippen LogP contribution in [0.3, 0.4) is 0 Å². The van der Waals surface area contributed by atoms with Gasteiger partial charge in [-0.1, -0.05) is 49.7 Å². The lowest BCUT2D eigenvalue weighted by Crippen LogP contribution is -2.05. The van der Waals surface area contributed by atoms with Gasteiger partial charge in [-0.25, -0.2) is 0 Å². The fourth-order valence-corrected chi connectivity index (χ4v) is 1.50. The number of hydrogen-bond donors (Lipinski definition) is 2. The van der Waals surface area contributed by atoms with Gasteiger partial charge in [0.15, 0.2) is 0 Å². The molecule has 0 fully saturated rings. The fourth-order valence-electron chi connectivity index (χ4n) is 1.50. The Morgan fingerprint density at radius 1 is 1.00 bits per heavy atom. The molecule has 1 aromatic carbocycles. The molecule has 142 valence electrons. The van der Waals surface area contributed by atoms with Crippen molar-refractivity contribution in [3.05, 3.63) is 29.3 Å². The normalized spacial score (nSPS) is 8.38. The van der Waals surface area contributed by atoms with Crippen LogP contribution in [0.5, 0.6) is 5.75 Å². The molecule has 0 aromatic heterocycles. The molecule has 0 bridgehead atoms. The zero-order chi connectivity index (χ0) is 19.4. The Balaban J connectivity index is -0.000000659. The average molecular weight is 409 g/mol. The Hall–Kier alpha value is -1.11. The van der Waals surface area contributed by atoms with E-state index in [-0.39, 0.29) is 19.2 Å². The van der Waals surface area contributed by atoms with E-state index in [0.29, 0.717) is 36.3 Å². The molecule has 24 heavy (non-hydrogen) atoms. The molecule has 0 spiro atoms. The molecule has 0 saturated heterocycles. The number of halogens is 1. The van der Waals surface area contributed by atoms with E-state index in [2.05, 4.69) is 20.7 Å². The van der Waals surface area contributed by atoms with Gasteiger partial charge in [0.05, 0.1) is 26.9 Å². The second kappa shape index (κ2) is 21.9. The molecule has 6 heteroatoms. The highest BCUT2D eigenvalue weighted by Gasteiger charge is 2.03. The van der Waals surface area contributed by atoms with Gasteiger partial charge in [-0.15, -0.1) is 0 Å². The van der Waals surface area contributed by atoms with Gasteiger partial charge < -0.3 is 19.7 Å². The molecule has 0 radical (unpaired) electrons. The van der Waals surface area contributed by atoms with E-state index in [4.69, 9.17) is 14.9 Å². The molecule has 0 atom stereocenters. The number of rotatable bonds is 7. The number of carbonyl (C=O) groups excluding carboxylic acids is 1. The van der Waals surface area contributed by atoms with Crippen LogP contribution in [0.2, 0.25) is 0 Å². The Kier molecular flexibility index (Phi) is 25.3. The molecule has 0 unspecified atom stereocenters. The summed E-state index contributed by atoms with van der Waals surface area (Å²) in [4.78, 5) is 10.9. The summed E-state index contributed by atoms with van der Waals surface area (Å²) in [5, 5.41) is 18.1. The van der Waals surface area contributed by atoms with Crippen LogP contribution in [0.4, 0.5) is 0 Å². The van der Waals surface area contributed by atoms with Crippen LogP contribution in [-0.4, -0.2) is 35.7 Å². The predicted molar refractivity (Wildman–Crippen MR) is 103 cm³/mol. The van der Waals surface area contributed by atoms with Gasteiger partial charge in [0.25, 0.3) is 0 Å². The van der Waals surface area contributed by atoms with E-state index < -0.39 is 0 Å². The van der Waals surface area contributed by atoms with E-state index in [1.165, 1.54) is 7.11 Å². The molecular formula is C18H33BrO5. The molecule has 0 aliphatic carbocycles. The lowest BCUT2D eigenvalue weighted by Gasteiger charge is -2.09. The van der Waals surface area contributed by atoms with Crippen molar-refractivity contribution in [1.29, 1.82) is 0 Å². The summed E-state index contributed by atoms with van der Waals surface area (Å²) in [6.45, 7) is 8.17. The van der Waals surface area contributed by atoms with Gasteiger partial charge in [0.1, 0.15) is 5.75 Å². The Morgan fingerprint density at radius 2 is 1.46 bits per heavy atom. The summed E-state index contributed by atoms with van der Waals surface area (Å²) < 4.78 is 9.97. The van der Waals surface area contributed by atoms with Crippen LogP contribution in [0, 0.1) is 0 Å². The van der Waals surface area contributed by atoms with Gasteiger partial charge in [-0.2, -0.15) is 0 Å². The van der Waals surface area contributed by atoms with E-state index in [0.717, 1.165) is 0 Å². The minimum Gasteiger partial charge on any atom is -0.494 e. The quantitative estimate of drug-likeness (QED) is 0.404. The molecule has 2 N–H and O–H groups in total. The van der Waals surface area contributed by atoms with E-state index >= 15 is 0 Å². The molecule has 0 amide bonds. The number of ether oxygens (including phenoxy) is 2. The number of aliphatic hydroxyl groups is 2. The second-order valence-corrected chi connectivity index (χ2v) is 3.83. The molecule has 5 nitrogen and oxygen atoms in total. The fraction of sp³-hybridized carbons (Fsp3) is 0.611. The first kappa shape index (κ1) is 27.7. The van der Waals surface area contributed by atoms with Gasteiger partial charge >= 0.3 is 5.97 Å². The van der Waals surface area contributed by atoms with Crippen LogP contribution in [0.25, 0.3) is 0 Å². The lowest BCUT2D eigenvalue weighted by molar-refractivity contribution is -0.140. The third-order valence-electron chi connectivity index (χ3n) is 2.41. The highest BCUT2D eigenvalue weighted by atomic mass is 79.9. The van der Waals surface area contributed by atoms with E-state index in [1.54, 1.807) is 18.2 Å². The van der Waals surface area contributed by atoms with E-state index in [1.807, 2.05) is 33.5 Å². The van der Waals surface area contributed by atoms with Crippen LogP contribution in [0.15, 0.2) is 18.2 Å². The number of esters is 1. The monoisotopic (exact) mass is 408 g/mol. The van der Waals surface area contributed by atoms with Crippen LogP contribution in [0.1, 0.15) is 51.7 Å². The van der Waals surface area contributed by atoms with Crippen molar-refractivity contribution >= 4 is 21.9 Å². The largest absolute Gasteiger partial charge is 0.494 e. The highest BCUT2D eigenvalue weighted by Crippen LogP contribution is 2.18. The van der Waals surface area contributed by atoms with Crippen LogP contribution in [-0.2, 0) is 22.7 Å². The van der Waals surface area contributed by atoms with Crippen molar-refractivity contribution in [1.82, 2.24) is 0 Å². The topological polar surface area (TPSA) is 76.0 Å². The summed E-state index contributed by atoms with van der Waals surface area (Å²) in [5.74, 6) is 2.13. The Morgan fingerprint density at radius 3 is 1.83 bits per heavy atom. The van der Waals surface area contributed by atoms with Gasteiger partial charge in [0.2, 0.25) is 0 Å². The van der Waals surface area contributed by atoms with Crippen LogP contribution >= 0.6 is 15.9 Å². The zero-order valence-electron chi connectivity index (χ0n) is 15.8. The van der Waals surface area contributed by atoms with Crippen LogP contribution < -0.4 is 4.74 Å². The molecule has 0 heterocycles. The summed E-state index contributed by atoms with van der Waals surface area (Å²) >= 11 is 2.94. The summed E-state index contributed by atoms with van der Waals surface area (Å²) in [5.41, 5.74) is 1.37. The molecular weight excluding hydrogens is 376 g/mol. The number of methoxy groups -OCH3 is 1. The van der Waals surface area contributed by atoms with Crippen molar-refractivity contribution in [2.45, 2.75) is 53.8 Å². The van der Waals surface area contributed by atoms with Gasteiger partial charge in [-0.05, 0) is 35.5 Å². The number of carbonyl (C=O) groups is 1. The maximum Gasteiger partial charge on any atom is 0.305 e. The number of alkyl halides is 1. The number of aliphatic hydroxyl groups excluding tert-OH is 2. The van der Waals surface area contributed by atoms with E-state index in [9.17, 15) is 4.79 Å². The SMILES string of the molecule is CBr.CC.CC.COC(=O)CCCOc1cc(CO)cc(CO)c1. The zero-order valence-corrected chi connectivity index (χ0v) is 17.4. The molecule has 0 saturated carbocycles. The summed E-state index contributed by atoms with van der Waals surface area (Å²) in [6, 6.07) is 5.12. The summed E-state index contributed by atoms with van der Waals surface area (Å²) in [7, 11) is 1.35. The molecule has 0 aliphatic heterocycles. The second-order valence-electron chi connectivity index (χ2n) is 3.83. The first-order valence-corrected chi connectivity index (χ1v) is 9.70. The third-order valence-corrected chi connectivity index (χ3v) is 2.41. The van der Waals surface area contributed by atoms with Crippen molar-refractivity contribution in [2.75, 3.05) is 19.5 Å². The minimum absolute atomic E-state index is 0.105. The highest BCUT2D eigenvalue weighted by molar-refractivity contribution is 9.08. The Labute approximate surface area is 155 Å². The Bertz CT molecular complexity index is 375. The number of benzene rings is 1. The predicted octanol–water partition coefficient (Wildman–Crippen LogP) is 4.07. The number of hydrogen-bond acceptors (Lipinski definition) is 5. The molecule has 0 aliphatic rings. The standard InChI is InChI=1S/C13H18O5.2C2H6.CH3Br/c1-17-13(16)3-2-4-18-12-6-10(8-14)5-11(7-12)9-15;3*1-2/h5-7,14-15H,2-4,8-9H2,1H3;2*1-2H3;1H3. The van der Waals surface area contributed by atoms with Crippen molar-refractivity contribution < 1.29 is 24.5 Å². The smallest absolute Gasteiger partial charge is 0.305 e. The minimum atomic E-state index is -0.265. The third kappa shape index (κ3) is 14.5. The first-order valence-electron chi connectivity index (χ1n) is 8.11.